The number of hydrogen-bond donors (Lipinski definition) is 2. The fourth-order valence-electron chi connectivity index (χ4n) is 1.68. The summed E-state index contributed by atoms with van der Waals surface area (Å²) >= 11 is 7.27. The van der Waals surface area contributed by atoms with Crippen molar-refractivity contribution < 1.29 is 9.90 Å². The molecule has 4 nitrogen and oxygen atoms in total. The highest BCUT2D eigenvalue weighted by Gasteiger charge is 2.15. The number of aliphatic hydroxyl groups is 1. The van der Waals surface area contributed by atoms with Crippen LogP contribution in [0.4, 0.5) is 5.69 Å². The van der Waals surface area contributed by atoms with Crippen LogP contribution in [0.3, 0.4) is 0 Å². The summed E-state index contributed by atoms with van der Waals surface area (Å²) in [5.41, 5.74) is 1.18. The first-order valence-electron chi connectivity index (χ1n) is 6.37. The molecule has 0 aliphatic heterocycles. The number of pyridine rings is 1. The van der Waals surface area contributed by atoms with Crippen LogP contribution < -0.4 is 5.32 Å². The smallest absolute Gasteiger partial charge is 0.237 e. The zero-order chi connectivity index (χ0) is 15.2. The fourth-order valence-corrected chi connectivity index (χ4v) is 2.67. The summed E-state index contributed by atoms with van der Waals surface area (Å²) in [6.45, 7) is 1.68. The minimum Gasteiger partial charge on any atom is -0.392 e. The number of hydrogen-bond acceptors (Lipinski definition) is 4. The van der Waals surface area contributed by atoms with Gasteiger partial charge in [0, 0.05) is 21.7 Å². The molecule has 2 aromatic rings. The van der Waals surface area contributed by atoms with Gasteiger partial charge in [0.15, 0.2) is 0 Å². The van der Waals surface area contributed by atoms with Crippen LogP contribution in [0.15, 0.2) is 47.6 Å². The second-order valence-corrected chi connectivity index (χ2v) is 6.24. The lowest BCUT2D eigenvalue weighted by Crippen LogP contribution is -2.23. The molecule has 21 heavy (non-hydrogen) atoms. The van der Waals surface area contributed by atoms with E-state index in [4.69, 9.17) is 11.6 Å². The number of aliphatic hydroxyl groups excluding tert-OH is 1. The van der Waals surface area contributed by atoms with E-state index < -0.39 is 0 Å². The second-order valence-electron chi connectivity index (χ2n) is 4.39. The van der Waals surface area contributed by atoms with Gasteiger partial charge in [0.05, 0.1) is 23.7 Å². The molecule has 1 atom stereocenters. The first kappa shape index (κ1) is 15.8. The Kier molecular flexibility index (Phi) is 5.61. The summed E-state index contributed by atoms with van der Waals surface area (Å²) in [5, 5.41) is 12.4. The van der Waals surface area contributed by atoms with E-state index in [-0.39, 0.29) is 17.8 Å². The molecule has 0 bridgehead atoms. The molecule has 0 spiro atoms. The zero-order valence-electron chi connectivity index (χ0n) is 11.4. The second kappa shape index (κ2) is 7.45. The quantitative estimate of drug-likeness (QED) is 0.829. The number of nitrogens with zero attached hydrogens (tertiary/aromatic N) is 1. The van der Waals surface area contributed by atoms with Crippen molar-refractivity contribution in [3.05, 3.63) is 53.3 Å². The maximum atomic E-state index is 12.2. The van der Waals surface area contributed by atoms with Crippen LogP contribution in [0.25, 0.3) is 0 Å². The van der Waals surface area contributed by atoms with Crippen LogP contribution in [0.1, 0.15) is 12.5 Å². The van der Waals surface area contributed by atoms with Gasteiger partial charge in [0.1, 0.15) is 0 Å². The topological polar surface area (TPSA) is 62.2 Å². The fraction of sp³-hybridized carbons (Fsp3) is 0.200. The van der Waals surface area contributed by atoms with Crippen LogP contribution in [-0.2, 0) is 11.4 Å². The summed E-state index contributed by atoms with van der Waals surface area (Å²) in [6, 6.07) is 9.01. The summed E-state index contributed by atoms with van der Waals surface area (Å²) < 4.78 is 0. The van der Waals surface area contributed by atoms with Crippen molar-refractivity contribution in [3.8, 4) is 0 Å². The standard InChI is InChI=1S/C15H15ClN2O2S/c1-10(21-13-4-2-12(16)3-5-13)15(20)18-14-8-17-7-6-11(14)9-19/h2-8,10,19H,9H2,1H3,(H,18,20). The van der Waals surface area contributed by atoms with E-state index in [0.29, 0.717) is 16.3 Å². The van der Waals surface area contributed by atoms with Gasteiger partial charge in [-0.15, -0.1) is 11.8 Å². The number of benzene rings is 1. The third kappa shape index (κ3) is 4.46. The van der Waals surface area contributed by atoms with Crippen molar-refractivity contribution in [3.63, 3.8) is 0 Å². The molecule has 0 fully saturated rings. The monoisotopic (exact) mass is 322 g/mol. The highest BCUT2D eigenvalue weighted by Crippen LogP contribution is 2.26. The van der Waals surface area contributed by atoms with Crippen molar-refractivity contribution >= 4 is 35.0 Å². The summed E-state index contributed by atoms with van der Waals surface area (Å²) in [6.07, 6.45) is 3.11. The predicted molar refractivity (Wildman–Crippen MR) is 85.6 cm³/mol. The predicted octanol–water partition coefficient (Wildman–Crippen LogP) is 3.35. The van der Waals surface area contributed by atoms with Gasteiger partial charge in [-0.25, -0.2) is 0 Å². The van der Waals surface area contributed by atoms with Gasteiger partial charge in [-0.3, -0.25) is 9.78 Å². The van der Waals surface area contributed by atoms with Crippen molar-refractivity contribution in [2.75, 3.05) is 5.32 Å². The van der Waals surface area contributed by atoms with E-state index in [0.717, 1.165) is 4.90 Å². The molecule has 110 valence electrons. The Labute approximate surface area is 132 Å². The highest BCUT2D eigenvalue weighted by molar-refractivity contribution is 8.00. The summed E-state index contributed by atoms with van der Waals surface area (Å²) in [4.78, 5) is 17.1. The Morgan fingerprint density at radius 3 is 2.76 bits per heavy atom. The van der Waals surface area contributed by atoms with Crippen molar-refractivity contribution in [2.45, 2.75) is 23.7 Å². The normalized spacial score (nSPS) is 12.0. The van der Waals surface area contributed by atoms with E-state index in [2.05, 4.69) is 10.3 Å². The van der Waals surface area contributed by atoms with Crippen molar-refractivity contribution in [1.82, 2.24) is 4.98 Å². The van der Waals surface area contributed by atoms with Gasteiger partial charge in [0.2, 0.25) is 5.91 Å². The lowest BCUT2D eigenvalue weighted by Gasteiger charge is -2.13. The number of nitrogens with one attached hydrogen (secondary N) is 1. The maximum Gasteiger partial charge on any atom is 0.237 e. The van der Waals surface area contributed by atoms with Gasteiger partial charge in [-0.05, 0) is 37.3 Å². The third-order valence-electron chi connectivity index (χ3n) is 2.84. The maximum absolute atomic E-state index is 12.2. The number of carbonyl (C=O) groups is 1. The van der Waals surface area contributed by atoms with E-state index >= 15 is 0 Å². The van der Waals surface area contributed by atoms with Crippen LogP contribution >= 0.6 is 23.4 Å². The van der Waals surface area contributed by atoms with Gasteiger partial charge in [0.25, 0.3) is 0 Å². The SMILES string of the molecule is CC(Sc1ccc(Cl)cc1)C(=O)Nc1cnccc1CO. The third-order valence-corrected chi connectivity index (χ3v) is 4.20. The van der Waals surface area contributed by atoms with Gasteiger partial charge < -0.3 is 10.4 Å². The molecule has 0 aliphatic rings. The summed E-state index contributed by atoms with van der Waals surface area (Å²) in [5.74, 6) is -0.141. The van der Waals surface area contributed by atoms with Crippen LogP contribution in [0.5, 0.6) is 0 Å². The highest BCUT2D eigenvalue weighted by atomic mass is 35.5. The zero-order valence-corrected chi connectivity index (χ0v) is 13.0. The Hall–Kier alpha value is -1.56. The Morgan fingerprint density at radius 2 is 2.10 bits per heavy atom. The molecule has 1 aromatic carbocycles. The molecule has 6 heteroatoms. The minimum atomic E-state index is -0.280. The number of halogens is 1. The van der Waals surface area contributed by atoms with Crippen LogP contribution in [0, 0.1) is 0 Å². The molecule has 1 unspecified atom stereocenters. The Bertz CT molecular complexity index is 619. The number of aromatic nitrogens is 1. The average molecular weight is 323 g/mol. The number of anilines is 1. The van der Waals surface area contributed by atoms with Crippen molar-refractivity contribution in [2.24, 2.45) is 0 Å². The lowest BCUT2D eigenvalue weighted by molar-refractivity contribution is -0.115. The molecule has 0 aliphatic carbocycles. The molecular weight excluding hydrogens is 308 g/mol. The molecule has 1 heterocycles. The summed E-state index contributed by atoms with van der Waals surface area (Å²) in [7, 11) is 0. The molecular formula is C15H15ClN2O2S. The van der Waals surface area contributed by atoms with Gasteiger partial charge in [-0.1, -0.05) is 11.6 Å². The van der Waals surface area contributed by atoms with E-state index in [1.807, 2.05) is 19.1 Å². The first-order valence-corrected chi connectivity index (χ1v) is 7.62. The molecule has 2 rings (SSSR count). The number of rotatable bonds is 5. The molecule has 2 N–H and O–H groups in total. The molecule has 0 radical (unpaired) electrons. The molecule has 0 saturated heterocycles. The number of carbonyl (C=O) groups excluding carboxylic acids is 1. The molecule has 1 amide bonds. The first-order chi connectivity index (χ1) is 10.1. The molecule has 1 aromatic heterocycles. The van der Waals surface area contributed by atoms with Crippen LogP contribution in [-0.4, -0.2) is 21.2 Å². The van der Waals surface area contributed by atoms with Gasteiger partial charge >= 0.3 is 0 Å². The number of amides is 1. The Morgan fingerprint density at radius 1 is 1.38 bits per heavy atom. The minimum absolute atomic E-state index is 0.141. The lowest BCUT2D eigenvalue weighted by atomic mass is 10.2. The van der Waals surface area contributed by atoms with E-state index in [1.54, 1.807) is 24.4 Å². The molecule has 0 saturated carbocycles. The largest absolute Gasteiger partial charge is 0.392 e. The number of thioether (sulfide) groups is 1. The van der Waals surface area contributed by atoms with E-state index in [9.17, 15) is 9.90 Å². The van der Waals surface area contributed by atoms with E-state index in [1.165, 1.54) is 18.0 Å². The van der Waals surface area contributed by atoms with Gasteiger partial charge in [-0.2, -0.15) is 0 Å². The average Bonchev–Trinajstić information content (AvgIpc) is 2.50. The van der Waals surface area contributed by atoms with Crippen molar-refractivity contribution in [1.29, 1.82) is 0 Å². The Balaban J connectivity index is 2.01. The van der Waals surface area contributed by atoms with Crippen LogP contribution in [0.2, 0.25) is 5.02 Å².